The van der Waals surface area contributed by atoms with E-state index in [1.54, 1.807) is 0 Å². The molecule has 156 valence electrons. The Kier molecular flexibility index (Phi) is 8.42. The van der Waals surface area contributed by atoms with Crippen LogP contribution in [0.3, 0.4) is 0 Å². The largest absolute Gasteiger partial charge is 0.381 e. The van der Waals surface area contributed by atoms with Gasteiger partial charge in [0.1, 0.15) is 0 Å². The number of benzene rings is 1. The number of nitrogens with one attached hydrogen (secondary N) is 2. The monoisotopic (exact) mass is 388 g/mol. The molecular weight excluding hydrogens is 352 g/mol. The van der Waals surface area contributed by atoms with E-state index in [1.807, 2.05) is 0 Å². The lowest BCUT2D eigenvalue weighted by Crippen LogP contribution is -2.43. The molecule has 0 aromatic heterocycles. The first-order valence-corrected chi connectivity index (χ1v) is 10.8. The van der Waals surface area contributed by atoms with E-state index >= 15 is 0 Å². The minimum atomic E-state index is 0.557. The summed E-state index contributed by atoms with van der Waals surface area (Å²) in [7, 11) is 0. The summed E-state index contributed by atoms with van der Waals surface area (Å²) in [5.74, 6) is 1.48. The number of anilines is 1. The summed E-state index contributed by atoms with van der Waals surface area (Å²) in [6, 6.07) is 9.29. The van der Waals surface area contributed by atoms with Crippen molar-refractivity contribution in [3.63, 3.8) is 0 Å². The van der Waals surface area contributed by atoms with Crippen molar-refractivity contribution >= 4 is 11.6 Å². The summed E-state index contributed by atoms with van der Waals surface area (Å²) in [6.07, 6.45) is 3.21. The number of para-hydroxylation sites is 1. The quantitative estimate of drug-likeness (QED) is 0.366. The van der Waals surface area contributed by atoms with Gasteiger partial charge >= 0.3 is 0 Å². The zero-order valence-electron chi connectivity index (χ0n) is 17.5. The highest BCUT2D eigenvalue weighted by molar-refractivity contribution is 5.79. The van der Waals surface area contributed by atoms with Gasteiger partial charge < -0.3 is 25.0 Å². The fourth-order valence-corrected chi connectivity index (χ4v) is 3.93. The standard InChI is InChI=1S/C22H36N4O2/c1-3-23-22(24-10-6-13-27-16-19-9-14-28-17-19)25-11-12-26-18(2)15-20-7-4-5-8-21(20)26/h4-5,7-8,18-19H,3,6,9-17H2,1-2H3,(H2,23,24,25). The van der Waals surface area contributed by atoms with Crippen LogP contribution in [-0.2, 0) is 15.9 Å². The Hall–Kier alpha value is -1.79. The molecule has 2 aliphatic heterocycles. The van der Waals surface area contributed by atoms with Crippen molar-refractivity contribution in [2.24, 2.45) is 10.9 Å². The summed E-state index contributed by atoms with van der Waals surface area (Å²) >= 11 is 0. The predicted octanol–water partition coefficient (Wildman–Crippen LogP) is 2.44. The third kappa shape index (κ3) is 6.11. The third-order valence-corrected chi connectivity index (χ3v) is 5.43. The van der Waals surface area contributed by atoms with Gasteiger partial charge in [-0.05, 0) is 44.7 Å². The van der Waals surface area contributed by atoms with Crippen molar-refractivity contribution in [1.82, 2.24) is 10.6 Å². The maximum Gasteiger partial charge on any atom is 0.191 e. The lowest BCUT2D eigenvalue weighted by Gasteiger charge is -2.25. The summed E-state index contributed by atoms with van der Waals surface area (Å²) in [5.41, 5.74) is 2.84. The van der Waals surface area contributed by atoms with Gasteiger partial charge in [0.2, 0.25) is 0 Å². The minimum absolute atomic E-state index is 0.557. The first-order chi connectivity index (χ1) is 13.8. The van der Waals surface area contributed by atoms with Crippen LogP contribution in [0.5, 0.6) is 0 Å². The fourth-order valence-electron chi connectivity index (χ4n) is 3.93. The van der Waals surface area contributed by atoms with Crippen LogP contribution in [0.15, 0.2) is 29.3 Å². The predicted molar refractivity (Wildman–Crippen MR) is 115 cm³/mol. The lowest BCUT2D eigenvalue weighted by atomic mass is 10.1. The molecule has 6 nitrogen and oxygen atoms in total. The van der Waals surface area contributed by atoms with Crippen molar-refractivity contribution in [2.45, 2.75) is 39.2 Å². The van der Waals surface area contributed by atoms with Gasteiger partial charge in [0, 0.05) is 57.0 Å². The Morgan fingerprint density at radius 2 is 2.21 bits per heavy atom. The second-order valence-corrected chi connectivity index (χ2v) is 7.72. The maximum atomic E-state index is 5.76. The Bertz CT molecular complexity index is 616. The zero-order valence-corrected chi connectivity index (χ0v) is 17.5. The van der Waals surface area contributed by atoms with Crippen molar-refractivity contribution in [2.75, 3.05) is 57.5 Å². The smallest absolute Gasteiger partial charge is 0.191 e. The molecule has 1 aromatic rings. The summed E-state index contributed by atoms with van der Waals surface area (Å²) < 4.78 is 11.1. The minimum Gasteiger partial charge on any atom is -0.381 e. The SMILES string of the molecule is CCNC(=NCCCOCC1CCOC1)NCCN1c2ccccc2CC1C. The van der Waals surface area contributed by atoms with Crippen LogP contribution in [0.1, 0.15) is 32.3 Å². The first-order valence-electron chi connectivity index (χ1n) is 10.8. The van der Waals surface area contributed by atoms with E-state index in [0.29, 0.717) is 12.0 Å². The zero-order chi connectivity index (χ0) is 19.6. The Labute approximate surface area is 169 Å². The van der Waals surface area contributed by atoms with E-state index in [1.165, 1.54) is 11.3 Å². The molecule has 3 rings (SSSR count). The maximum absolute atomic E-state index is 5.76. The molecule has 0 aliphatic carbocycles. The second kappa shape index (κ2) is 11.3. The molecule has 2 atom stereocenters. The summed E-state index contributed by atoms with van der Waals surface area (Å²) in [6.45, 7) is 11.2. The molecule has 2 heterocycles. The van der Waals surface area contributed by atoms with Crippen LogP contribution in [-0.4, -0.2) is 64.6 Å². The first kappa shape index (κ1) is 20.9. The molecule has 2 N–H and O–H groups in total. The lowest BCUT2D eigenvalue weighted by molar-refractivity contribution is 0.0893. The van der Waals surface area contributed by atoms with Gasteiger partial charge in [-0.25, -0.2) is 0 Å². The fraction of sp³-hybridized carbons (Fsp3) is 0.682. The van der Waals surface area contributed by atoms with Crippen molar-refractivity contribution in [3.8, 4) is 0 Å². The molecule has 2 aliphatic rings. The molecule has 2 unspecified atom stereocenters. The van der Waals surface area contributed by atoms with Crippen LogP contribution in [0.2, 0.25) is 0 Å². The van der Waals surface area contributed by atoms with E-state index < -0.39 is 0 Å². The molecule has 0 spiro atoms. The van der Waals surface area contributed by atoms with Gasteiger partial charge in [0.25, 0.3) is 0 Å². The Morgan fingerprint density at radius 1 is 1.32 bits per heavy atom. The number of hydrogen-bond acceptors (Lipinski definition) is 4. The second-order valence-electron chi connectivity index (χ2n) is 7.72. The van der Waals surface area contributed by atoms with Gasteiger partial charge in [-0.1, -0.05) is 18.2 Å². The van der Waals surface area contributed by atoms with Crippen LogP contribution in [0.25, 0.3) is 0 Å². The molecule has 0 radical (unpaired) electrons. The van der Waals surface area contributed by atoms with Gasteiger partial charge in [0.15, 0.2) is 5.96 Å². The topological polar surface area (TPSA) is 58.1 Å². The van der Waals surface area contributed by atoms with E-state index in [2.05, 4.69) is 58.6 Å². The number of fused-ring (bicyclic) bond motifs is 1. The van der Waals surface area contributed by atoms with Gasteiger partial charge in [-0.2, -0.15) is 0 Å². The van der Waals surface area contributed by atoms with Crippen LogP contribution < -0.4 is 15.5 Å². The number of guanidine groups is 1. The van der Waals surface area contributed by atoms with Crippen LogP contribution in [0.4, 0.5) is 5.69 Å². The van der Waals surface area contributed by atoms with E-state index in [9.17, 15) is 0 Å². The van der Waals surface area contributed by atoms with Crippen LogP contribution >= 0.6 is 0 Å². The molecule has 28 heavy (non-hydrogen) atoms. The number of aliphatic imine (C=N–C) groups is 1. The van der Waals surface area contributed by atoms with Gasteiger partial charge in [0.05, 0.1) is 13.2 Å². The average molecular weight is 389 g/mol. The van der Waals surface area contributed by atoms with Crippen LogP contribution in [0, 0.1) is 5.92 Å². The normalized spacial score (nSPS) is 21.8. The average Bonchev–Trinajstić information content (AvgIpc) is 3.32. The molecule has 0 saturated carbocycles. The molecule has 1 fully saturated rings. The Morgan fingerprint density at radius 3 is 3.04 bits per heavy atom. The number of hydrogen-bond donors (Lipinski definition) is 2. The molecule has 0 bridgehead atoms. The third-order valence-electron chi connectivity index (χ3n) is 5.43. The van der Waals surface area contributed by atoms with E-state index in [4.69, 9.17) is 9.47 Å². The molecule has 1 aromatic carbocycles. The molecular formula is C22H36N4O2. The van der Waals surface area contributed by atoms with Gasteiger partial charge in [-0.3, -0.25) is 4.99 Å². The number of ether oxygens (including phenoxy) is 2. The highest BCUT2D eigenvalue weighted by Crippen LogP contribution is 2.31. The van der Waals surface area contributed by atoms with E-state index in [0.717, 1.165) is 77.8 Å². The van der Waals surface area contributed by atoms with Crippen molar-refractivity contribution in [3.05, 3.63) is 29.8 Å². The van der Waals surface area contributed by atoms with E-state index in [-0.39, 0.29) is 0 Å². The summed E-state index contributed by atoms with van der Waals surface area (Å²) in [5, 5.41) is 6.81. The Balaban J connectivity index is 1.35. The highest BCUT2D eigenvalue weighted by Gasteiger charge is 2.24. The molecule has 1 saturated heterocycles. The number of rotatable bonds is 10. The molecule has 0 amide bonds. The van der Waals surface area contributed by atoms with Crippen molar-refractivity contribution < 1.29 is 9.47 Å². The summed E-state index contributed by atoms with van der Waals surface area (Å²) in [4.78, 5) is 7.17. The highest BCUT2D eigenvalue weighted by atomic mass is 16.5. The van der Waals surface area contributed by atoms with Gasteiger partial charge in [-0.15, -0.1) is 0 Å². The number of nitrogens with zero attached hydrogens (tertiary/aromatic N) is 2. The van der Waals surface area contributed by atoms with Crippen molar-refractivity contribution in [1.29, 1.82) is 0 Å². The molecule has 6 heteroatoms.